The molecule has 0 saturated heterocycles. The third-order valence-corrected chi connectivity index (χ3v) is 2.41. The largest absolute Gasteiger partial charge is 0.304 e. The van der Waals surface area contributed by atoms with Gasteiger partial charge in [-0.15, -0.1) is 0 Å². The minimum absolute atomic E-state index is 0.155. The molecule has 17 heavy (non-hydrogen) atoms. The highest BCUT2D eigenvalue weighted by atomic mass is 35.5. The molecule has 0 atom stereocenters. The van der Waals surface area contributed by atoms with Crippen LogP contribution in [-0.2, 0) is 0 Å². The van der Waals surface area contributed by atoms with Crippen LogP contribution in [0.25, 0.3) is 0 Å². The fourth-order valence-electron chi connectivity index (χ4n) is 1.30. The highest BCUT2D eigenvalue weighted by Gasteiger charge is 2.12. The average molecular weight is 249 g/mol. The molecule has 0 bridgehead atoms. The molecule has 0 fully saturated rings. The molecule has 0 aliphatic rings. The molecule has 1 N–H and O–H groups in total. The van der Waals surface area contributed by atoms with Crippen molar-refractivity contribution >= 4 is 23.3 Å². The molecule has 0 aromatic carbocycles. The molecule has 2 aromatic heterocycles. The monoisotopic (exact) mass is 248 g/mol. The normalized spacial score (nSPS) is 10.0. The first-order valence-electron chi connectivity index (χ1n) is 4.88. The van der Waals surface area contributed by atoms with Crippen molar-refractivity contribution in [2.75, 3.05) is 5.32 Å². The third-order valence-electron chi connectivity index (χ3n) is 2.14. The zero-order valence-corrected chi connectivity index (χ0v) is 9.77. The van der Waals surface area contributed by atoms with E-state index in [0.717, 1.165) is 0 Å². The van der Waals surface area contributed by atoms with Gasteiger partial charge in [-0.3, -0.25) is 9.78 Å². The van der Waals surface area contributed by atoms with Crippen molar-refractivity contribution in [3.8, 4) is 0 Å². The van der Waals surface area contributed by atoms with E-state index in [9.17, 15) is 4.79 Å². The molecule has 0 radical (unpaired) electrons. The Kier molecular flexibility index (Phi) is 3.30. The van der Waals surface area contributed by atoms with E-state index in [-0.39, 0.29) is 16.9 Å². The van der Waals surface area contributed by atoms with Gasteiger partial charge in [0.2, 0.25) is 0 Å². The SMILES string of the molecule is Cc1ncccc1C(=O)Nc1nccnc1Cl. The predicted octanol–water partition coefficient (Wildman–Crippen LogP) is 2.09. The van der Waals surface area contributed by atoms with Crippen LogP contribution in [0.1, 0.15) is 16.1 Å². The first kappa shape index (κ1) is 11.5. The summed E-state index contributed by atoms with van der Waals surface area (Å²) < 4.78 is 0. The maximum Gasteiger partial charge on any atom is 0.258 e. The van der Waals surface area contributed by atoms with Gasteiger partial charge in [-0.1, -0.05) is 11.6 Å². The Hall–Kier alpha value is -2.01. The lowest BCUT2D eigenvalue weighted by Crippen LogP contribution is -2.15. The Bertz CT molecular complexity index is 559. The summed E-state index contributed by atoms with van der Waals surface area (Å²) >= 11 is 5.79. The van der Waals surface area contributed by atoms with E-state index < -0.39 is 0 Å². The standard InChI is InChI=1S/C11H9ClN4O/c1-7-8(3-2-4-13-7)11(17)16-10-9(12)14-5-6-15-10/h2-6H,1H3,(H,15,16,17). The van der Waals surface area contributed by atoms with Gasteiger partial charge >= 0.3 is 0 Å². The van der Waals surface area contributed by atoms with Crippen LogP contribution in [0.2, 0.25) is 5.15 Å². The summed E-state index contributed by atoms with van der Waals surface area (Å²) in [4.78, 5) is 23.7. The molecular weight excluding hydrogens is 240 g/mol. The molecule has 1 amide bonds. The molecule has 2 aromatic rings. The number of carbonyl (C=O) groups is 1. The van der Waals surface area contributed by atoms with Crippen LogP contribution in [0, 0.1) is 6.92 Å². The van der Waals surface area contributed by atoms with Crippen LogP contribution >= 0.6 is 11.6 Å². The number of halogens is 1. The van der Waals surface area contributed by atoms with E-state index in [4.69, 9.17) is 11.6 Å². The Morgan fingerprint density at radius 3 is 2.71 bits per heavy atom. The average Bonchev–Trinajstić information content (AvgIpc) is 2.32. The number of hydrogen-bond donors (Lipinski definition) is 1. The van der Waals surface area contributed by atoms with E-state index >= 15 is 0 Å². The number of anilines is 1. The number of nitrogens with zero attached hydrogens (tertiary/aromatic N) is 3. The van der Waals surface area contributed by atoms with Crippen LogP contribution in [0.4, 0.5) is 5.82 Å². The summed E-state index contributed by atoms with van der Waals surface area (Å²) in [6.45, 7) is 1.76. The van der Waals surface area contributed by atoms with Gasteiger partial charge in [-0.2, -0.15) is 0 Å². The number of nitrogens with one attached hydrogen (secondary N) is 1. The second-order valence-electron chi connectivity index (χ2n) is 3.29. The van der Waals surface area contributed by atoms with E-state index in [1.807, 2.05) is 0 Å². The van der Waals surface area contributed by atoms with Crippen molar-refractivity contribution in [1.29, 1.82) is 0 Å². The lowest BCUT2D eigenvalue weighted by atomic mass is 10.2. The fourth-order valence-corrected chi connectivity index (χ4v) is 1.46. The lowest BCUT2D eigenvalue weighted by molar-refractivity contribution is 0.102. The zero-order chi connectivity index (χ0) is 12.3. The quantitative estimate of drug-likeness (QED) is 0.884. The summed E-state index contributed by atoms with van der Waals surface area (Å²) in [5, 5.41) is 2.74. The van der Waals surface area contributed by atoms with Gasteiger partial charge in [0.05, 0.1) is 5.56 Å². The highest BCUT2D eigenvalue weighted by Crippen LogP contribution is 2.15. The summed E-state index contributed by atoms with van der Waals surface area (Å²) in [5.41, 5.74) is 1.12. The molecule has 2 heterocycles. The van der Waals surface area contributed by atoms with Crippen molar-refractivity contribution < 1.29 is 4.79 Å². The van der Waals surface area contributed by atoms with Crippen LogP contribution in [0.5, 0.6) is 0 Å². The first-order valence-corrected chi connectivity index (χ1v) is 5.26. The van der Waals surface area contributed by atoms with Crippen LogP contribution < -0.4 is 5.32 Å². The molecule has 6 heteroatoms. The third kappa shape index (κ3) is 2.57. The van der Waals surface area contributed by atoms with Gasteiger partial charge in [-0.05, 0) is 19.1 Å². The minimum Gasteiger partial charge on any atom is -0.304 e. The Balaban J connectivity index is 2.24. The molecule has 86 valence electrons. The number of pyridine rings is 1. The van der Waals surface area contributed by atoms with Crippen molar-refractivity contribution in [3.63, 3.8) is 0 Å². The zero-order valence-electron chi connectivity index (χ0n) is 9.01. The van der Waals surface area contributed by atoms with Gasteiger partial charge in [0.15, 0.2) is 11.0 Å². The van der Waals surface area contributed by atoms with E-state index in [1.54, 1.807) is 25.3 Å². The lowest BCUT2D eigenvalue weighted by Gasteiger charge is -2.06. The van der Waals surface area contributed by atoms with Gasteiger partial charge < -0.3 is 5.32 Å². The Morgan fingerprint density at radius 1 is 1.24 bits per heavy atom. The van der Waals surface area contributed by atoms with Crippen molar-refractivity contribution in [2.45, 2.75) is 6.92 Å². The maximum absolute atomic E-state index is 11.9. The second-order valence-corrected chi connectivity index (χ2v) is 3.64. The van der Waals surface area contributed by atoms with Crippen LogP contribution in [-0.4, -0.2) is 20.9 Å². The summed E-state index contributed by atoms with van der Waals surface area (Å²) in [5.74, 6) is -0.0691. The molecule has 5 nitrogen and oxygen atoms in total. The van der Waals surface area contributed by atoms with Crippen molar-refractivity contribution in [2.24, 2.45) is 0 Å². The minimum atomic E-state index is -0.307. The molecule has 0 saturated carbocycles. The van der Waals surface area contributed by atoms with Gasteiger partial charge in [0, 0.05) is 24.3 Å². The molecule has 2 rings (SSSR count). The van der Waals surface area contributed by atoms with Gasteiger partial charge in [0.1, 0.15) is 0 Å². The Morgan fingerprint density at radius 2 is 2.00 bits per heavy atom. The predicted molar refractivity (Wildman–Crippen MR) is 64.0 cm³/mol. The first-order chi connectivity index (χ1) is 8.18. The molecular formula is C11H9ClN4O. The number of aromatic nitrogens is 3. The van der Waals surface area contributed by atoms with Crippen LogP contribution in [0.3, 0.4) is 0 Å². The molecule has 0 aliphatic carbocycles. The van der Waals surface area contributed by atoms with Crippen LogP contribution in [0.15, 0.2) is 30.7 Å². The smallest absolute Gasteiger partial charge is 0.258 e. The summed E-state index contributed by atoms with van der Waals surface area (Å²) in [7, 11) is 0. The van der Waals surface area contributed by atoms with E-state index in [2.05, 4.69) is 20.3 Å². The van der Waals surface area contributed by atoms with Gasteiger partial charge in [-0.25, -0.2) is 9.97 Å². The number of carbonyl (C=O) groups excluding carboxylic acids is 1. The van der Waals surface area contributed by atoms with Crippen molar-refractivity contribution in [1.82, 2.24) is 15.0 Å². The molecule has 0 spiro atoms. The number of amides is 1. The second kappa shape index (κ2) is 4.88. The van der Waals surface area contributed by atoms with Gasteiger partial charge in [0.25, 0.3) is 5.91 Å². The summed E-state index contributed by atoms with van der Waals surface area (Å²) in [6, 6.07) is 3.38. The van der Waals surface area contributed by atoms with Crippen molar-refractivity contribution in [3.05, 3.63) is 47.1 Å². The number of aryl methyl sites for hydroxylation is 1. The maximum atomic E-state index is 11.9. The Labute approximate surface area is 103 Å². The summed E-state index contributed by atoms with van der Waals surface area (Å²) in [6.07, 6.45) is 4.53. The number of rotatable bonds is 2. The highest BCUT2D eigenvalue weighted by molar-refractivity contribution is 6.32. The molecule has 0 aliphatic heterocycles. The number of hydrogen-bond acceptors (Lipinski definition) is 4. The van der Waals surface area contributed by atoms with E-state index in [1.165, 1.54) is 12.4 Å². The van der Waals surface area contributed by atoms with E-state index in [0.29, 0.717) is 11.3 Å². The molecule has 0 unspecified atom stereocenters. The fraction of sp³-hybridized carbons (Fsp3) is 0.0909. The topological polar surface area (TPSA) is 67.8 Å².